The van der Waals surface area contributed by atoms with E-state index in [4.69, 9.17) is 0 Å². The molecule has 0 saturated carbocycles. The number of hydrogen-bond acceptors (Lipinski definition) is 5. The number of nitrogens with one attached hydrogen (secondary N) is 1. The number of hydrogen-bond donors (Lipinski definition) is 1. The molecule has 0 aliphatic carbocycles. The maximum Gasteiger partial charge on any atom is 0.211 e. The lowest BCUT2D eigenvalue weighted by molar-refractivity contribution is 0.587. The van der Waals surface area contributed by atoms with Gasteiger partial charge in [0.05, 0.1) is 5.75 Å². The summed E-state index contributed by atoms with van der Waals surface area (Å²) in [5.74, 6) is 1.50. The Morgan fingerprint density at radius 1 is 1.04 bits per heavy atom. The van der Waals surface area contributed by atoms with Gasteiger partial charge in [-0.3, -0.25) is 4.57 Å². The minimum absolute atomic E-state index is 0.0979. The summed E-state index contributed by atoms with van der Waals surface area (Å²) in [7, 11) is -1.75. The van der Waals surface area contributed by atoms with Crippen molar-refractivity contribution >= 4 is 21.8 Å². The van der Waals surface area contributed by atoms with Gasteiger partial charge in [-0.1, -0.05) is 59.8 Å². The van der Waals surface area contributed by atoms with E-state index in [9.17, 15) is 8.42 Å². The number of benzene rings is 2. The first-order valence-corrected chi connectivity index (χ1v) is 11.3. The molecule has 0 atom stereocenters. The molecule has 0 bridgehead atoms. The van der Waals surface area contributed by atoms with E-state index < -0.39 is 10.0 Å². The van der Waals surface area contributed by atoms with Crippen molar-refractivity contribution < 1.29 is 8.42 Å². The summed E-state index contributed by atoms with van der Waals surface area (Å²) in [5.41, 5.74) is 3.14. The minimum atomic E-state index is -3.18. The highest BCUT2D eigenvalue weighted by Gasteiger charge is 2.16. The Balaban J connectivity index is 1.88. The van der Waals surface area contributed by atoms with Crippen molar-refractivity contribution in [3.05, 3.63) is 60.2 Å². The summed E-state index contributed by atoms with van der Waals surface area (Å²) < 4.78 is 27.5. The lowest BCUT2D eigenvalue weighted by atomic mass is 10.2. The summed E-state index contributed by atoms with van der Waals surface area (Å²) in [4.78, 5) is 0. The smallest absolute Gasteiger partial charge is 0.211 e. The van der Waals surface area contributed by atoms with E-state index in [1.54, 1.807) is 0 Å². The Morgan fingerprint density at radius 3 is 2.41 bits per heavy atom. The van der Waals surface area contributed by atoms with Crippen LogP contribution in [0.15, 0.2) is 59.8 Å². The van der Waals surface area contributed by atoms with Crippen molar-refractivity contribution in [2.45, 2.75) is 18.5 Å². The molecule has 1 heterocycles. The summed E-state index contributed by atoms with van der Waals surface area (Å²) >= 11 is 1.51. The van der Waals surface area contributed by atoms with Gasteiger partial charge in [-0.25, -0.2) is 13.1 Å². The van der Waals surface area contributed by atoms with E-state index >= 15 is 0 Å². The highest BCUT2D eigenvalue weighted by Crippen LogP contribution is 2.28. The van der Waals surface area contributed by atoms with Crippen LogP contribution < -0.4 is 4.72 Å². The number of aromatic nitrogens is 3. The third kappa shape index (κ3) is 4.97. The number of rotatable bonds is 8. The van der Waals surface area contributed by atoms with Crippen LogP contribution in [0.25, 0.3) is 17.1 Å². The van der Waals surface area contributed by atoms with Crippen molar-refractivity contribution in [3.63, 3.8) is 0 Å². The quantitative estimate of drug-likeness (QED) is 0.462. The fourth-order valence-electron chi connectivity index (χ4n) is 2.58. The van der Waals surface area contributed by atoms with Gasteiger partial charge in [0, 0.05) is 17.0 Å². The van der Waals surface area contributed by atoms with E-state index in [0.717, 1.165) is 22.2 Å². The topological polar surface area (TPSA) is 76.9 Å². The largest absolute Gasteiger partial charge is 0.270 e. The van der Waals surface area contributed by atoms with Crippen LogP contribution in [0.5, 0.6) is 0 Å². The number of thioether (sulfide) groups is 1. The van der Waals surface area contributed by atoms with Crippen molar-refractivity contribution in [2.24, 2.45) is 0 Å². The summed E-state index contributed by atoms with van der Waals surface area (Å²) in [6, 6.07) is 18.1. The SMILES string of the molecule is CNS(=O)(=O)CCCSc1nnc(-c2ccccc2)n1-c1ccc(C)cc1. The van der Waals surface area contributed by atoms with Crippen LogP contribution in [0.1, 0.15) is 12.0 Å². The average molecular weight is 403 g/mol. The molecule has 1 N–H and O–H groups in total. The maximum absolute atomic E-state index is 11.6. The molecule has 27 heavy (non-hydrogen) atoms. The molecule has 0 spiro atoms. The molecule has 3 aromatic rings. The van der Waals surface area contributed by atoms with Crippen molar-refractivity contribution in [3.8, 4) is 17.1 Å². The monoisotopic (exact) mass is 402 g/mol. The molecule has 142 valence electrons. The second-order valence-electron chi connectivity index (χ2n) is 6.07. The Bertz CT molecular complexity index is 984. The summed E-state index contributed by atoms with van der Waals surface area (Å²) in [6.45, 7) is 2.05. The van der Waals surface area contributed by atoms with Crippen LogP contribution >= 0.6 is 11.8 Å². The van der Waals surface area contributed by atoms with Crippen LogP contribution in [0, 0.1) is 6.92 Å². The second-order valence-corrected chi connectivity index (χ2v) is 9.18. The molecule has 0 unspecified atom stereocenters. The second kappa shape index (κ2) is 8.69. The van der Waals surface area contributed by atoms with Crippen LogP contribution in [0.2, 0.25) is 0 Å². The lowest BCUT2D eigenvalue weighted by Crippen LogP contribution is -2.22. The van der Waals surface area contributed by atoms with Gasteiger partial charge in [-0.2, -0.15) is 0 Å². The van der Waals surface area contributed by atoms with E-state index in [-0.39, 0.29) is 5.75 Å². The minimum Gasteiger partial charge on any atom is -0.270 e. The van der Waals surface area contributed by atoms with Gasteiger partial charge < -0.3 is 0 Å². The van der Waals surface area contributed by atoms with Crippen molar-refractivity contribution in [2.75, 3.05) is 18.6 Å². The molecule has 0 aliphatic heterocycles. The molecule has 0 aliphatic rings. The average Bonchev–Trinajstić information content (AvgIpc) is 3.10. The molecule has 2 aromatic carbocycles. The third-order valence-electron chi connectivity index (χ3n) is 4.06. The van der Waals surface area contributed by atoms with Gasteiger partial charge >= 0.3 is 0 Å². The molecule has 0 radical (unpaired) electrons. The Kier molecular flexibility index (Phi) is 6.30. The first kappa shape index (κ1) is 19.6. The van der Waals surface area contributed by atoms with E-state index in [1.165, 1.54) is 24.4 Å². The van der Waals surface area contributed by atoms with Gasteiger partial charge in [0.25, 0.3) is 0 Å². The lowest BCUT2D eigenvalue weighted by Gasteiger charge is -2.11. The van der Waals surface area contributed by atoms with Gasteiger partial charge in [-0.05, 0) is 32.5 Å². The van der Waals surface area contributed by atoms with Crippen molar-refractivity contribution in [1.29, 1.82) is 0 Å². The predicted molar refractivity (Wildman–Crippen MR) is 110 cm³/mol. The fourth-order valence-corrected chi connectivity index (χ4v) is 4.38. The Labute approximate surface area is 164 Å². The van der Waals surface area contributed by atoms with Gasteiger partial charge in [0.15, 0.2) is 11.0 Å². The number of sulfonamides is 1. The molecule has 0 saturated heterocycles. The zero-order valence-corrected chi connectivity index (χ0v) is 16.9. The van der Waals surface area contributed by atoms with Crippen LogP contribution in [0.3, 0.4) is 0 Å². The summed E-state index contributed by atoms with van der Waals surface area (Å²) in [6.07, 6.45) is 0.537. The fraction of sp³-hybridized carbons (Fsp3) is 0.263. The number of nitrogens with zero attached hydrogens (tertiary/aromatic N) is 3. The van der Waals surface area contributed by atoms with E-state index in [0.29, 0.717) is 12.2 Å². The van der Waals surface area contributed by atoms with E-state index in [2.05, 4.69) is 27.1 Å². The molecular formula is C19H22N4O2S2. The molecule has 1 aromatic heterocycles. The molecule has 0 fully saturated rings. The van der Waals surface area contributed by atoms with Crippen LogP contribution in [-0.4, -0.2) is 41.7 Å². The highest BCUT2D eigenvalue weighted by atomic mass is 32.2. The third-order valence-corrected chi connectivity index (χ3v) is 6.52. The highest BCUT2D eigenvalue weighted by molar-refractivity contribution is 7.99. The first-order chi connectivity index (χ1) is 13.0. The Hall–Kier alpha value is -2.16. The van der Waals surface area contributed by atoms with Crippen LogP contribution in [-0.2, 0) is 10.0 Å². The summed E-state index contributed by atoms with van der Waals surface area (Å²) in [5, 5.41) is 9.50. The van der Waals surface area contributed by atoms with E-state index in [1.807, 2.05) is 54.0 Å². The number of aryl methyl sites for hydroxylation is 1. The maximum atomic E-state index is 11.6. The molecule has 8 heteroatoms. The van der Waals surface area contributed by atoms with Gasteiger partial charge in [-0.15, -0.1) is 10.2 Å². The van der Waals surface area contributed by atoms with Gasteiger partial charge in [0.2, 0.25) is 10.0 Å². The molecular weight excluding hydrogens is 380 g/mol. The predicted octanol–water partition coefficient (Wildman–Crippen LogP) is 3.27. The first-order valence-electron chi connectivity index (χ1n) is 8.62. The molecule has 0 amide bonds. The normalized spacial score (nSPS) is 11.6. The zero-order chi connectivity index (χ0) is 19.3. The zero-order valence-electron chi connectivity index (χ0n) is 15.3. The van der Waals surface area contributed by atoms with Gasteiger partial charge in [0.1, 0.15) is 0 Å². The molecule has 6 nitrogen and oxygen atoms in total. The Morgan fingerprint density at radius 2 is 1.74 bits per heavy atom. The van der Waals surface area contributed by atoms with Crippen molar-refractivity contribution in [1.82, 2.24) is 19.5 Å². The molecule has 3 rings (SSSR count). The standard InChI is InChI=1S/C19H22N4O2S2/c1-15-9-11-17(12-10-15)23-18(16-7-4-3-5-8-16)21-22-19(23)26-13-6-14-27(24,25)20-2/h3-5,7-12,20H,6,13-14H2,1-2H3. The van der Waals surface area contributed by atoms with Crippen LogP contribution in [0.4, 0.5) is 0 Å².